The van der Waals surface area contributed by atoms with Gasteiger partial charge in [-0.3, -0.25) is 0 Å². The molecule has 0 saturated heterocycles. The van der Waals surface area contributed by atoms with Gasteiger partial charge in [0.15, 0.2) is 5.82 Å². The average Bonchev–Trinajstić information content (AvgIpc) is 2.95. The molecule has 3 heterocycles. The molecular formula is C24H28N4. The normalized spacial score (nSPS) is 13.8. The molecular weight excluding hydrogens is 344 g/mol. The van der Waals surface area contributed by atoms with Crippen molar-refractivity contribution in [2.75, 3.05) is 11.4 Å². The third kappa shape index (κ3) is 3.16. The zero-order valence-electron chi connectivity index (χ0n) is 17.3. The van der Waals surface area contributed by atoms with Gasteiger partial charge in [-0.05, 0) is 55.4 Å². The summed E-state index contributed by atoms with van der Waals surface area (Å²) in [6.45, 7) is 11.7. The number of hydrogen-bond donors (Lipinski definition) is 0. The Morgan fingerprint density at radius 1 is 1.18 bits per heavy atom. The SMILES string of the molecule is Cc1c(C)n(CCC(C)C)c2c(N3CCc4ccccc4C3)nc(C#N)cc12. The van der Waals surface area contributed by atoms with Crippen molar-refractivity contribution >= 4 is 16.7 Å². The van der Waals surface area contributed by atoms with Crippen LogP contribution in [0.4, 0.5) is 5.82 Å². The lowest BCUT2D eigenvalue weighted by Crippen LogP contribution is -2.31. The van der Waals surface area contributed by atoms with Crippen LogP contribution in [0, 0.1) is 31.1 Å². The Bertz CT molecular complexity index is 1070. The van der Waals surface area contributed by atoms with E-state index in [9.17, 15) is 5.26 Å². The monoisotopic (exact) mass is 372 g/mol. The second-order valence-electron chi connectivity index (χ2n) is 8.32. The third-order valence-corrected chi connectivity index (χ3v) is 6.07. The van der Waals surface area contributed by atoms with Crippen molar-refractivity contribution in [3.8, 4) is 6.07 Å². The molecule has 4 nitrogen and oxygen atoms in total. The molecule has 0 radical (unpaired) electrons. The molecule has 0 saturated carbocycles. The van der Waals surface area contributed by atoms with Crippen LogP contribution in [0.15, 0.2) is 30.3 Å². The molecule has 0 unspecified atom stereocenters. The van der Waals surface area contributed by atoms with Crippen LogP contribution in [0.3, 0.4) is 0 Å². The van der Waals surface area contributed by atoms with Gasteiger partial charge >= 0.3 is 0 Å². The number of anilines is 1. The van der Waals surface area contributed by atoms with Gasteiger partial charge in [0.05, 0.1) is 5.52 Å². The van der Waals surface area contributed by atoms with Crippen molar-refractivity contribution in [3.63, 3.8) is 0 Å². The molecule has 0 bridgehead atoms. The first kappa shape index (κ1) is 18.6. The van der Waals surface area contributed by atoms with Gasteiger partial charge in [-0.15, -0.1) is 0 Å². The van der Waals surface area contributed by atoms with Gasteiger partial charge in [0.1, 0.15) is 11.8 Å². The van der Waals surface area contributed by atoms with E-state index in [1.165, 1.54) is 33.3 Å². The average molecular weight is 373 g/mol. The second kappa shape index (κ2) is 7.31. The predicted molar refractivity (Wildman–Crippen MR) is 115 cm³/mol. The van der Waals surface area contributed by atoms with Crippen LogP contribution in [-0.2, 0) is 19.5 Å². The fourth-order valence-electron chi connectivity index (χ4n) is 4.26. The van der Waals surface area contributed by atoms with E-state index in [4.69, 9.17) is 4.98 Å². The number of benzene rings is 1. The minimum absolute atomic E-state index is 0.505. The molecule has 0 aliphatic carbocycles. The largest absolute Gasteiger partial charge is 0.350 e. The van der Waals surface area contributed by atoms with Crippen LogP contribution < -0.4 is 4.90 Å². The molecule has 144 valence electrons. The van der Waals surface area contributed by atoms with Gasteiger partial charge < -0.3 is 9.47 Å². The van der Waals surface area contributed by atoms with Crippen LogP contribution >= 0.6 is 0 Å². The smallest absolute Gasteiger partial charge is 0.155 e. The van der Waals surface area contributed by atoms with E-state index in [1.807, 2.05) is 6.07 Å². The summed E-state index contributed by atoms with van der Waals surface area (Å²) in [5, 5.41) is 10.8. The van der Waals surface area contributed by atoms with E-state index in [-0.39, 0.29) is 0 Å². The fraction of sp³-hybridized carbons (Fsp3) is 0.417. The summed E-state index contributed by atoms with van der Waals surface area (Å²) in [6.07, 6.45) is 2.15. The van der Waals surface area contributed by atoms with Gasteiger partial charge in [-0.1, -0.05) is 38.1 Å². The van der Waals surface area contributed by atoms with Gasteiger partial charge in [0.25, 0.3) is 0 Å². The number of nitriles is 1. The molecule has 2 aromatic heterocycles. The molecule has 1 aliphatic rings. The first-order chi connectivity index (χ1) is 13.5. The topological polar surface area (TPSA) is 44.9 Å². The van der Waals surface area contributed by atoms with Gasteiger partial charge in [-0.25, -0.2) is 4.98 Å². The van der Waals surface area contributed by atoms with Crippen LogP contribution in [-0.4, -0.2) is 16.1 Å². The summed E-state index contributed by atoms with van der Waals surface area (Å²) in [7, 11) is 0. The van der Waals surface area contributed by atoms with Crippen LogP contribution in [0.5, 0.6) is 0 Å². The minimum Gasteiger partial charge on any atom is -0.350 e. The summed E-state index contributed by atoms with van der Waals surface area (Å²) in [4.78, 5) is 7.16. The maximum absolute atomic E-state index is 9.58. The van der Waals surface area contributed by atoms with Crippen molar-refractivity contribution in [3.05, 3.63) is 58.4 Å². The minimum atomic E-state index is 0.505. The molecule has 1 aromatic carbocycles. The van der Waals surface area contributed by atoms with E-state index in [1.54, 1.807) is 0 Å². The van der Waals surface area contributed by atoms with Crippen molar-refractivity contribution in [2.24, 2.45) is 5.92 Å². The number of aromatic nitrogens is 2. The van der Waals surface area contributed by atoms with Gasteiger partial charge in [0, 0.05) is 30.7 Å². The number of rotatable bonds is 4. The molecule has 0 fully saturated rings. The summed E-state index contributed by atoms with van der Waals surface area (Å²) >= 11 is 0. The van der Waals surface area contributed by atoms with E-state index in [0.29, 0.717) is 11.6 Å². The van der Waals surface area contributed by atoms with E-state index in [0.717, 1.165) is 38.3 Å². The number of fused-ring (bicyclic) bond motifs is 2. The molecule has 0 atom stereocenters. The summed E-state index contributed by atoms with van der Waals surface area (Å²) in [5.41, 5.74) is 7.02. The molecule has 4 rings (SSSR count). The highest BCUT2D eigenvalue weighted by molar-refractivity contribution is 5.94. The number of pyridine rings is 1. The van der Waals surface area contributed by atoms with Gasteiger partial charge in [-0.2, -0.15) is 5.26 Å². The van der Waals surface area contributed by atoms with E-state index >= 15 is 0 Å². The van der Waals surface area contributed by atoms with Crippen LogP contribution in [0.25, 0.3) is 10.9 Å². The Morgan fingerprint density at radius 2 is 1.93 bits per heavy atom. The maximum Gasteiger partial charge on any atom is 0.155 e. The highest BCUT2D eigenvalue weighted by atomic mass is 15.2. The van der Waals surface area contributed by atoms with Gasteiger partial charge in [0.2, 0.25) is 0 Å². The Hall–Kier alpha value is -2.80. The Labute approximate surface area is 167 Å². The van der Waals surface area contributed by atoms with Crippen molar-refractivity contribution in [2.45, 2.75) is 53.6 Å². The lowest BCUT2D eigenvalue weighted by atomic mass is 10.00. The lowest BCUT2D eigenvalue weighted by Gasteiger charge is -2.31. The molecule has 0 amide bonds. The maximum atomic E-state index is 9.58. The Balaban J connectivity index is 1.87. The highest BCUT2D eigenvalue weighted by Gasteiger charge is 2.24. The fourth-order valence-corrected chi connectivity index (χ4v) is 4.26. The molecule has 3 aromatic rings. The highest BCUT2D eigenvalue weighted by Crippen LogP contribution is 2.35. The summed E-state index contributed by atoms with van der Waals surface area (Å²) in [6, 6.07) is 12.9. The first-order valence-corrected chi connectivity index (χ1v) is 10.2. The molecule has 0 N–H and O–H groups in total. The number of hydrogen-bond acceptors (Lipinski definition) is 3. The quantitative estimate of drug-likeness (QED) is 0.637. The predicted octanol–water partition coefficient (Wildman–Crippen LogP) is 5.13. The Morgan fingerprint density at radius 3 is 2.64 bits per heavy atom. The standard InChI is InChI=1S/C24H28N4/c1-16(2)9-12-28-18(4)17(3)22-13-21(14-25)26-24(23(22)28)27-11-10-19-7-5-6-8-20(19)15-27/h5-8,13,16H,9-12,15H2,1-4H3. The molecule has 4 heteroatoms. The summed E-state index contributed by atoms with van der Waals surface area (Å²) < 4.78 is 2.43. The van der Waals surface area contributed by atoms with E-state index < -0.39 is 0 Å². The molecule has 0 spiro atoms. The van der Waals surface area contributed by atoms with Crippen LogP contribution in [0.1, 0.15) is 48.3 Å². The summed E-state index contributed by atoms with van der Waals surface area (Å²) in [5.74, 6) is 1.61. The van der Waals surface area contributed by atoms with E-state index in [2.05, 4.69) is 67.5 Å². The zero-order chi connectivity index (χ0) is 19.8. The van der Waals surface area contributed by atoms with Crippen LogP contribution in [0.2, 0.25) is 0 Å². The van der Waals surface area contributed by atoms with Crippen molar-refractivity contribution < 1.29 is 0 Å². The van der Waals surface area contributed by atoms with Crippen molar-refractivity contribution in [1.82, 2.24) is 9.55 Å². The zero-order valence-corrected chi connectivity index (χ0v) is 17.3. The number of aryl methyl sites for hydroxylation is 2. The Kier molecular flexibility index (Phi) is 4.85. The second-order valence-corrected chi connectivity index (χ2v) is 8.32. The van der Waals surface area contributed by atoms with Crippen molar-refractivity contribution in [1.29, 1.82) is 5.26 Å². The third-order valence-electron chi connectivity index (χ3n) is 6.07. The lowest BCUT2D eigenvalue weighted by molar-refractivity contribution is 0.518. The number of nitrogens with zero attached hydrogens (tertiary/aromatic N) is 4. The molecule has 1 aliphatic heterocycles. The molecule has 28 heavy (non-hydrogen) atoms. The first-order valence-electron chi connectivity index (χ1n) is 10.2.